The molecule has 3 rings (SSSR count). The van der Waals surface area contributed by atoms with Crippen molar-refractivity contribution < 1.29 is 14.5 Å². The van der Waals surface area contributed by atoms with Crippen LogP contribution in [0.5, 0.6) is 0 Å². The number of non-ortho nitro benzene ring substituents is 1. The van der Waals surface area contributed by atoms with E-state index in [1.54, 1.807) is 36.7 Å². The number of cyclic esters (lactones) is 1. The fourth-order valence-corrected chi connectivity index (χ4v) is 1.90. The first-order valence-corrected chi connectivity index (χ1v) is 6.31. The van der Waals surface area contributed by atoms with E-state index in [1.807, 2.05) is 0 Å². The molecule has 2 heterocycles. The molecular weight excluding hydrogens is 286 g/mol. The fourth-order valence-electron chi connectivity index (χ4n) is 1.90. The Hall–Kier alpha value is -3.35. The van der Waals surface area contributed by atoms with Crippen LogP contribution in [0.4, 0.5) is 5.69 Å². The zero-order chi connectivity index (χ0) is 15.5. The number of ether oxygens (including phenoxy) is 1. The molecule has 1 aliphatic heterocycles. The summed E-state index contributed by atoms with van der Waals surface area (Å²) in [5.74, 6) is -0.549. The fraction of sp³-hybridized carbons (Fsp3) is 0. The lowest BCUT2D eigenvalue weighted by atomic mass is 10.2. The van der Waals surface area contributed by atoms with Gasteiger partial charge in [-0.3, -0.25) is 15.1 Å². The summed E-state index contributed by atoms with van der Waals surface area (Å²) < 4.78 is 5.07. The Balaban J connectivity index is 1.95. The van der Waals surface area contributed by atoms with Crippen LogP contribution < -0.4 is 0 Å². The zero-order valence-corrected chi connectivity index (χ0v) is 11.2. The van der Waals surface area contributed by atoms with Crippen LogP contribution in [0.25, 0.3) is 6.08 Å². The van der Waals surface area contributed by atoms with E-state index < -0.39 is 10.9 Å². The summed E-state index contributed by atoms with van der Waals surface area (Å²) in [6.07, 6.45) is 4.75. The Kier molecular flexibility index (Phi) is 3.45. The predicted octanol–water partition coefficient (Wildman–Crippen LogP) is 2.33. The molecule has 22 heavy (non-hydrogen) atoms. The second-order valence-electron chi connectivity index (χ2n) is 4.42. The van der Waals surface area contributed by atoms with E-state index in [2.05, 4.69) is 9.98 Å². The maximum absolute atomic E-state index is 11.8. The highest BCUT2D eigenvalue weighted by Gasteiger charge is 2.25. The summed E-state index contributed by atoms with van der Waals surface area (Å²) in [6, 6.07) is 9.21. The molecule has 1 aliphatic rings. The molecule has 0 bridgehead atoms. The third-order valence-electron chi connectivity index (χ3n) is 2.93. The van der Waals surface area contributed by atoms with Crippen LogP contribution >= 0.6 is 0 Å². The van der Waals surface area contributed by atoms with Crippen LogP contribution in [-0.2, 0) is 9.53 Å². The monoisotopic (exact) mass is 295 g/mol. The number of carbonyl (C=O) groups is 1. The molecule has 0 aliphatic carbocycles. The number of pyridine rings is 1. The minimum atomic E-state index is -0.599. The zero-order valence-electron chi connectivity index (χ0n) is 11.2. The largest absolute Gasteiger partial charge is 0.402 e. The Morgan fingerprint density at radius 3 is 2.68 bits per heavy atom. The first-order valence-electron chi connectivity index (χ1n) is 6.31. The van der Waals surface area contributed by atoms with Gasteiger partial charge in [0.15, 0.2) is 5.70 Å². The molecular formula is C15H9N3O4. The number of nitrogens with zero attached hydrogens (tertiary/aromatic N) is 3. The molecule has 1 aromatic carbocycles. The molecule has 0 spiro atoms. The van der Waals surface area contributed by atoms with Gasteiger partial charge in [-0.25, -0.2) is 9.79 Å². The van der Waals surface area contributed by atoms with Crippen LogP contribution in [0.1, 0.15) is 11.1 Å². The normalized spacial score (nSPS) is 15.5. The quantitative estimate of drug-likeness (QED) is 0.375. The molecule has 0 atom stereocenters. The summed E-state index contributed by atoms with van der Waals surface area (Å²) >= 11 is 0. The molecule has 2 aromatic rings. The molecule has 0 saturated carbocycles. The van der Waals surface area contributed by atoms with Gasteiger partial charge in [0.25, 0.3) is 5.69 Å². The molecule has 0 N–H and O–H groups in total. The van der Waals surface area contributed by atoms with Crippen molar-refractivity contribution in [2.45, 2.75) is 0 Å². The van der Waals surface area contributed by atoms with Gasteiger partial charge in [-0.05, 0) is 29.8 Å². The Morgan fingerprint density at radius 2 is 1.95 bits per heavy atom. The summed E-state index contributed by atoms with van der Waals surface area (Å²) in [5.41, 5.74) is 1.17. The second-order valence-corrected chi connectivity index (χ2v) is 4.42. The van der Waals surface area contributed by atoms with Crippen LogP contribution in [0.15, 0.2) is 59.5 Å². The van der Waals surface area contributed by atoms with Crippen molar-refractivity contribution in [3.05, 3.63) is 75.7 Å². The number of nitro benzene ring substituents is 1. The van der Waals surface area contributed by atoms with Gasteiger partial charge in [0.05, 0.1) is 4.92 Å². The number of hydrogen-bond donors (Lipinski definition) is 0. The van der Waals surface area contributed by atoms with E-state index in [0.717, 1.165) is 5.56 Å². The molecule has 0 fully saturated rings. The van der Waals surface area contributed by atoms with Gasteiger partial charge in [0.1, 0.15) is 0 Å². The van der Waals surface area contributed by atoms with Gasteiger partial charge in [-0.15, -0.1) is 0 Å². The topological polar surface area (TPSA) is 94.7 Å². The van der Waals surface area contributed by atoms with Crippen LogP contribution in [-0.4, -0.2) is 21.8 Å². The third-order valence-corrected chi connectivity index (χ3v) is 2.93. The standard InChI is InChI=1S/C15H9N3O4/c19-15-13(8-10-4-6-16-7-5-10)17-14(22-15)11-2-1-3-12(9-11)18(20)21/h1-9H. The van der Waals surface area contributed by atoms with Gasteiger partial charge in [0, 0.05) is 30.1 Å². The van der Waals surface area contributed by atoms with Crippen molar-refractivity contribution >= 4 is 23.6 Å². The summed E-state index contributed by atoms with van der Waals surface area (Å²) in [6.45, 7) is 0. The van der Waals surface area contributed by atoms with Crippen molar-refractivity contribution in [3.63, 3.8) is 0 Å². The Labute approximate surface area is 124 Å². The maximum Gasteiger partial charge on any atom is 0.363 e. The number of hydrogen-bond acceptors (Lipinski definition) is 6. The summed E-state index contributed by atoms with van der Waals surface area (Å²) in [4.78, 5) is 30.1. The van der Waals surface area contributed by atoms with E-state index in [1.165, 1.54) is 18.2 Å². The number of rotatable bonds is 3. The minimum Gasteiger partial charge on any atom is -0.402 e. The van der Waals surface area contributed by atoms with E-state index in [9.17, 15) is 14.9 Å². The van der Waals surface area contributed by atoms with Crippen molar-refractivity contribution in [1.29, 1.82) is 0 Å². The maximum atomic E-state index is 11.8. The highest BCUT2D eigenvalue weighted by atomic mass is 16.6. The molecule has 108 valence electrons. The average Bonchev–Trinajstić information content (AvgIpc) is 2.89. The smallest absolute Gasteiger partial charge is 0.363 e. The molecule has 7 nitrogen and oxygen atoms in total. The first kappa shape index (κ1) is 13.6. The number of nitro groups is 1. The molecule has 0 saturated heterocycles. The van der Waals surface area contributed by atoms with Crippen molar-refractivity contribution in [2.24, 2.45) is 4.99 Å². The third kappa shape index (κ3) is 2.73. The first-order chi connectivity index (χ1) is 10.6. The number of aliphatic imine (C=N–C) groups is 1. The highest BCUT2D eigenvalue weighted by Crippen LogP contribution is 2.21. The minimum absolute atomic E-state index is 0.0500. The van der Waals surface area contributed by atoms with Gasteiger partial charge in [0.2, 0.25) is 5.90 Å². The Morgan fingerprint density at radius 1 is 1.18 bits per heavy atom. The average molecular weight is 295 g/mol. The number of aromatic nitrogens is 1. The summed E-state index contributed by atoms with van der Waals surface area (Å²) in [5, 5.41) is 10.8. The Bertz CT molecular complexity index is 813. The molecule has 0 amide bonds. The summed E-state index contributed by atoms with van der Waals surface area (Å²) in [7, 11) is 0. The lowest BCUT2D eigenvalue weighted by molar-refractivity contribution is -0.384. The predicted molar refractivity (Wildman–Crippen MR) is 77.9 cm³/mol. The van der Waals surface area contributed by atoms with Gasteiger partial charge in [-0.2, -0.15) is 0 Å². The van der Waals surface area contributed by atoms with Crippen molar-refractivity contribution in [2.75, 3.05) is 0 Å². The lowest BCUT2D eigenvalue weighted by Gasteiger charge is -1.98. The van der Waals surface area contributed by atoms with E-state index in [4.69, 9.17) is 4.74 Å². The lowest BCUT2D eigenvalue weighted by Crippen LogP contribution is -2.05. The van der Waals surface area contributed by atoms with Gasteiger partial charge < -0.3 is 4.74 Å². The number of esters is 1. The van der Waals surface area contributed by atoms with Crippen molar-refractivity contribution in [3.8, 4) is 0 Å². The molecule has 1 aromatic heterocycles. The van der Waals surface area contributed by atoms with Gasteiger partial charge in [-0.1, -0.05) is 6.07 Å². The molecule has 0 radical (unpaired) electrons. The highest BCUT2D eigenvalue weighted by molar-refractivity contribution is 6.13. The number of benzene rings is 1. The van der Waals surface area contributed by atoms with Crippen LogP contribution in [0.2, 0.25) is 0 Å². The van der Waals surface area contributed by atoms with Gasteiger partial charge >= 0.3 is 5.97 Å². The van der Waals surface area contributed by atoms with Crippen LogP contribution in [0, 0.1) is 10.1 Å². The van der Waals surface area contributed by atoms with E-state index >= 15 is 0 Å². The van der Waals surface area contributed by atoms with E-state index in [0.29, 0.717) is 5.56 Å². The van der Waals surface area contributed by atoms with Crippen LogP contribution in [0.3, 0.4) is 0 Å². The van der Waals surface area contributed by atoms with Crippen molar-refractivity contribution in [1.82, 2.24) is 4.98 Å². The molecule has 0 unspecified atom stereocenters. The van der Waals surface area contributed by atoms with E-state index in [-0.39, 0.29) is 17.3 Å². The molecule has 7 heteroatoms. The number of carbonyl (C=O) groups excluding carboxylic acids is 1. The SMILES string of the molecule is O=C1OC(c2cccc([N+](=O)[O-])c2)=NC1=Cc1ccncc1. The second kappa shape index (κ2) is 5.57.